The van der Waals surface area contributed by atoms with E-state index in [1.165, 1.54) is 0 Å². The molecule has 8 heteroatoms. The van der Waals surface area contributed by atoms with Gasteiger partial charge in [-0.2, -0.15) is 0 Å². The van der Waals surface area contributed by atoms with Crippen LogP contribution in [0.1, 0.15) is 38.3 Å². The number of carbonyl (C=O) groups excluding carboxylic acids is 3. The Labute approximate surface area is 188 Å². The number of amides is 3. The molecule has 8 nitrogen and oxygen atoms in total. The number of rotatable bonds is 9. The molecule has 3 N–H and O–H groups in total. The predicted octanol–water partition coefficient (Wildman–Crippen LogP) is 3.41. The minimum atomic E-state index is -0.576. The second-order valence-corrected chi connectivity index (χ2v) is 8.23. The maximum atomic E-state index is 12.3. The van der Waals surface area contributed by atoms with Gasteiger partial charge in [0.05, 0.1) is 13.5 Å². The first-order chi connectivity index (χ1) is 15.1. The number of methoxy groups -OCH3 is 1. The fraction of sp³-hybridized carbons (Fsp3) is 0.375. The van der Waals surface area contributed by atoms with Crippen LogP contribution in [0.3, 0.4) is 0 Å². The van der Waals surface area contributed by atoms with Gasteiger partial charge in [-0.25, -0.2) is 4.79 Å². The first kappa shape index (κ1) is 24.7. The molecule has 0 aliphatic rings. The minimum Gasteiger partial charge on any atom is -0.497 e. The first-order valence-electron chi connectivity index (χ1n) is 10.4. The van der Waals surface area contributed by atoms with Gasteiger partial charge in [0.2, 0.25) is 11.8 Å². The summed E-state index contributed by atoms with van der Waals surface area (Å²) in [7, 11) is 1.59. The lowest BCUT2D eigenvalue weighted by Gasteiger charge is -2.19. The summed E-state index contributed by atoms with van der Waals surface area (Å²) < 4.78 is 10.3. The predicted molar refractivity (Wildman–Crippen MR) is 122 cm³/mol. The van der Waals surface area contributed by atoms with E-state index in [4.69, 9.17) is 9.47 Å². The fourth-order valence-corrected chi connectivity index (χ4v) is 2.76. The molecule has 0 spiro atoms. The number of ether oxygens (including phenoxy) is 2. The van der Waals surface area contributed by atoms with E-state index in [2.05, 4.69) is 16.0 Å². The zero-order valence-electron chi connectivity index (χ0n) is 19.0. The van der Waals surface area contributed by atoms with Crippen LogP contribution in [0.4, 0.5) is 10.5 Å². The zero-order valence-corrected chi connectivity index (χ0v) is 19.0. The van der Waals surface area contributed by atoms with E-state index >= 15 is 0 Å². The number of carbonyl (C=O) groups is 3. The van der Waals surface area contributed by atoms with E-state index in [0.29, 0.717) is 18.0 Å². The molecule has 0 heterocycles. The molecule has 0 aromatic heterocycles. The van der Waals surface area contributed by atoms with Crippen molar-refractivity contribution in [3.05, 3.63) is 59.7 Å². The molecule has 2 aromatic rings. The lowest BCUT2D eigenvalue weighted by atomic mass is 10.1. The summed E-state index contributed by atoms with van der Waals surface area (Å²) in [5.41, 5.74) is 1.86. The van der Waals surface area contributed by atoms with Crippen molar-refractivity contribution in [2.24, 2.45) is 0 Å². The van der Waals surface area contributed by atoms with Gasteiger partial charge < -0.3 is 25.4 Å². The quantitative estimate of drug-likeness (QED) is 0.553. The van der Waals surface area contributed by atoms with Gasteiger partial charge in [0.25, 0.3) is 0 Å². The zero-order chi connectivity index (χ0) is 23.6. The van der Waals surface area contributed by atoms with Crippen LogP contribution in [0.15, 0.2) is 48.5 Å². The summed E-state index contributed by atoms with van der Waals surface area (Å²) in [6, 6.07) is 14.6. The number of benzene rings is 2. The second-order valence-electron chi connectivity index (χ2n) is 8.23. The summed E-state index contributed by atoms with van der Waals surface area (Å²) in [5.74, 6) is 0.399. The van der Waals surface area contributed by atoms with Gasteiger partial charge in [-0.05, 0) is 56.2 Å². The number of alkyl carbamates (subject to hydrolysis) is 1. The van der Waals surface area contributed by atoms with Crippen LogP contribution < -0.4 is 20.7 Å². The second kappa shape index (κ2) is 11.7. The van der Waals surface area contributed by atoms with Crippen LogP contribution in [-0.4, -0.2) is 37.2 Å². The van der Waals surface area contributed by atoms with Crippen LogP contribution in [0.5, 0.6) is 5.75 Å². The first-order valence-corrected chi connectivity index (χ1v) is 10.4. The van der Waals surface area contributed by atoms with Crippen LogP contribution in [0, 0.1) is 0 Å². The number of hydrogen-bond donors (Lipinski definition) is 3. The Bertz CT molecular complexity index is 920. The molecular formula is C24H31N3O5. The van der Waals surface area contributed by atoms with Crippen LogP contribution in [0.2, 0.25) is 0 Å². The van der Waals surface area contributed by atoms with Gasteiger partial charge in [-0.15, -0.1) is 0 Å². The van der Waals surface area contributed by atoms with Crippen molar-refractivity contribution >= 4 is 23.6 Å². The molecule has 0 saturated heterocycles. The summed E-state index contributed by atoms with van der Waals surface area (Å²) in [4.78, 5) is 35.8. The summed E-state index contributed by atoms with van der Waals surface area (Å²) >= 11 is 0. The van der Waals surface area contributed by atoms with E-state index in [0.717, 1.165) is 11.1 Å². The van der Waals surface area contributed by atoms with Crippen molar-refractivity contribution < 1.29 is 23.9 Å². The van der Waals surface area contributed by atoms with Crippen molar-refractivity contribution in [1.29, 1.82) is 0 Å². The Hall–Kier alpha value is -3.55. The summed E-state index contributed by atoms with van der Waals surface area (Å²) in [6.45, 7) is 5.87. The van der Waals surface area contributed by atoms with Gasteiger partial charge in [0.15, 0.2) is 0 Å². The number of hydrogen-bond acceptors (Lipinski definition) is 5. The van der Waals surface area contributed by atoms with Gasteiger partial charge in [0.1, 0.15) is 11.4 Å². The number of nitrogens with one attached hydrogen (secondary N) is 3. The largest absolute Gasteiger partial charge is 0.497 e. The van der Waals surface area contributed by atoms with E-state index in [9.17, 15) is 14.4 Å². The Morgan fingerprint density at radius 1 is 0.906 bits per heavy atom. The summed E-state index contributed by atoms with van der Waals surface area (Å²) in [5, 5.41) is 8.20. The highest BCUT2D eigenvalue weighted by Gasteiger charge is 2.15. The molecule has 0 aliphatic carbocycles. The van der Waals surface area contributed by atoms with Crippen molar-refractivity contribution in [2.45, 2.75) is 45.8 Å². The van der Waals surface area contributed by atoms with E-state index in [1.807, 2.05) is 36.4 Å². The highest BCUT2D eigenvalue weighted by molar-refractivity contribution is 5.92. The molecule has 0 aliphatic heterocycles. The smallest absolute Gasteiger partial charge is 0.407 e. The van der Waals surface area contributed by atoms with Crippen molar-refractivity contribution in [3.8, 4) is 5.75 Å². The molecule has 3 amide bonds. The van der Waals surface area contributed by atoms with Crippen molar-refractivity contribution in [1.82, 2.24) is 10.6 Å². The average Bonchev–Trinajstić information content (AvgIpc) is 2.72. The average molecular weight is 442 g/mol. The standard InChI is InChI=1S/C24H31N3O5/c1-24(2,3)32-23(30)25-13-12-21(28)26-16-17-8-10-19(11-9-17)27-22(29)15-18-6-5-7-20(14-18)31-4/h5-11,14H,12-13,15-16H2,1-4H3,(H,25,30)(H,26,28)(H,27,29). The van der Waals surface area contributed by atoms with Gasteiger partial charge in [-0.1, -0.05) is 24.3 Å². The topological polar surface area (TPSA) is 106 Å². The van der Waals surface area contributed by atoms with Gasteiger partial charge in [0, 0.05) is 25.2 Å². The Morgan fingerprint density at radius 3 is 2.28 bits per heavy atom. The van der Waals surface area contributed by atoms with E-state index in [-0.39, 0.29) is 31.2 Å². The maximum absolute atomic E-state index is 12.3. The summed E-state index contributed by atoms with van der Waals surface area (Å²) in [6.07, 6.45) is -0.154. The Morgan fingerprint density at radius 2 is 1.62 bits per heavy atom. The number of anilines is 1. The molecule has 2 rings (SSSR count). The minimum absolute atomic E-state index is 0.128. The third-order valence-corrected chi connectivity index (χ3v) is 4.25. The van der Waals surface area contributed by atoms with Crippen molar-refractivity contribution in [3.63, 3.8) is 0 Å². The van der Waals surface area contributed by atoms with E-state index < -0.39 is 11.7 Å². The maximum Gasteiger partial charge on any atom is 0.407 e. The SMILES string of the molecule is COc1cccc(CC(=O)Nc2ccc(CNC(=O)CCNC(=O)OC(C)(C)C)cc2)c1. The van der Waals surface area contributed by atoms with Crippen LogP contribution in [-0.2, 0) is 27.3 Å². The molecular weight excluding hydrogens is 410 g/mol. The molecule has 32 heavy (non-hydrogen) atoms. The Balaban J connectivity index is 1.71. The van der Waals surface area contributed by atoms with Crippen LogP contribution >= 0.6 is 0 Å². The van der Waals surface area contributed by atoms with Crippen LogP contribution in [0.25, 0.3) is 0 Å². The molecule has 172 valence electrons. The molecule has 0 unspecified atom stereocenters. The van der Waals surface area contributed by atoms with Gasteiger partial charge in [-0.3, -0.25) is 9.59 Å². The third-order valence-electron chi connectivity index (χ3n) is 4.25. The highest BCUT2D eigenvalue weighted by Crippen LogP contribution is 2.14. The lowest BCUT2D eigenvalue weighted by Crippen LogP contribution is -2.35. The molecule has 2 aromatic carbocycles. The third kappa shape index (κ3) is 9.51. The molecule has 0 radical (unpaired) electrons. The molecule has 0 saturated carbocycles. The van der Waals surface area contributed by atoms with Crippen molar-refractivity contribution in [2.75, 3.05) is 19.0 Å². The van der Waals surface area contributed by atoms with E-state index in [1.54, 1.807) is 40.0 Å². The molecule has 0 atom stereocenters. The monoisotopic (exact) mass is 441 g/mol. The molecule has 0 bridgehead atoms. The highest BCUT2D eigenvalue weighted by atomic mass is 16.6. The Kier molecular flexibility index (Phi) is 9.07. The lowest BCUT2D eigenvalue weighted by molar-refractivity contribution is -0.121. The van der Waals surface area contributed by atoms with Gasteiger partial charge >= 0.3 is 6.09 Å². The normalized spacial score (nSPS) is 10.8. The fourth-order valence-electron chi connectivity index (χ4n) is 2.76. The molecule has 0 fully saturated rings.